The standard InChI is InChI=1S/C19H23FN2O3S/c1-3-15-8-5-7-11-18(15)22(26(2,24)25)14-19(23)21-13-12-16-9-4-6-10-17(16)20/h4-11H,3,12-14H2,1-2H3,(H,21,23). The van der Waals surface area contributed by atoms with Crippen molar-refractivity contribution in [1.29, 1.82) is 0 Å². The van der Waals surface area contributed by atoms with E-state index in [0.717, 1.165) is 16.1 Å². The molecule has 0 unspecified atom stereocenters. The van der Waals surface area contributed by atoms with Crippen LogP contribution in [-0.4, -0.2) is 33.7 Å². The summed E-state index contributed by atoms with van der Waals surface area (Å²) in [6, 6.07) is 13.4. The Bertz CT molecular complexity index is 869. The van der Waals surface area contributed by atoms with Gasteiger partial charge in [0, 0.05) is 6.54 Å². The topological polar surface area (TPSA) is 66.5 Å². The molecule has 7 heteroatoms. The van der Waals surface area contributed by atoms with Crippen LogP contribution < -0.4 is 9.62 Å². The molecular formula is C19H23FN2O3S. The molecule has 0 spiro atoms. The second kappa shape index (κ2) is 8.80. The van der Waals surface area contributed by atoms with Gasteiger partial charge in [-0.3, -0.25) is 9.10 Å². The number of amides is 1. The molecule has 0 aliphatic rings. The summed E-state index contributed by atoms with van der Waals surface area (Å²) in [5.74, 6) is -0.756. The Hall–Kier alpha value is -2.41. The van der Waals surface area contributed by atoms with Crippen LogP contribution in [0.25, 0.3) is 0 Å². The van der Waals surface area contributed by atoms with Crippen molar-refractivity contribution < 1.29 is 17.6 Å². The molecule has 2 aromatic rings. The molecule has 0 fully saturated rings. The molecule has 2 rings (SSSR count). The normalized spacial score (nSPS) is 11.2. The van der Waals surface area contributed by atoms with Crippen LogP contribution in [0.5, 0.6) is 0 Å². The van der Waals surface area contributed by atoms with Gasteiger partial charge < -0.3 is 5.32 Å². The molecule has 1 amide bonds. The lowest BCUT2D eigenvalue weighted by atomic mass is 10.1. The van der Waals surface area contributed by atoms with Crippen molar-refractivity contribution in [2.45, 2.75) is 19.8 Å². The van der Waals surface area contributed by atoms with Crippen LogP contribution in [0, 0.1) is 5.82 Å². The fourth-order valence-corrected chi connectivity index (χ4v) is 3.55. The number of para-hydroxylation sites is 1. The van der Waals surface area contributed by atoms with Gasteiger partial charge in [0.1, 0.15) is 12.4 Å². The monoisotopic (exact) mass is 378 g/mol. The molecule has 140 valence electrons. The van der Waals surface area contributed by atoms with E-state index in [9.17, 15) is 17.6 Å². The fourth-order valence-electron chi connectivity index (χ4n) is 2.66. The number of nitrogens with zero attached hydrogens (tertiary/aromatic N) is 1. The van der Waals surface area contributed by atoms with Crippen LogP contribution in [0.4, 0.5) is 10.1 Å². The Morgan fingerprint density at radius 1 is 1.08 bits per heavy atom. The number of aryl methyl sites for hydroxylation is 1. The van der Waals surface area contributed by atoms with Crippen LogP contribution in [0.1, 0.15) is 18.1 Å². The van der Waals surface area contributed by atoms with Gasteiger partial charge in [0.25, 0.3) is 0 Å². The largest absolute Gasteiger partial charge is 0.354 e. The van der Waals surface area contributed by atoms with Crippen molar-refractivity contribution >= 4 is 21.6 Å². The Kier molecular flexibility index (Phi) is 6.74. The third-order valence-electron chi connectivity index (χ3n) is 4.00. The van der Waals surface area contributed by atoms with Gasteiger partial charge in [-0.15, -0.1) is 0 Å². The zero-order valence-electron chi connectivity index (χ0n) is 14.9. The van der Waals surface area contributed by atoms with Crippen molar-refractivity contribution in [3.63, 3.8) is 0 Å². The average molecular weight is 378 g/mol. The second-order valence-corrected chi connectivity index (χ2v) is 7.85. The minimum absolute atomic E-state index is 0.229. The summed E-state index contributed by atoms with van der Waals surface area (Å²) >= 11 is 0. The van der Waals surface area contributed by atoms with Crippen LogP contribution in [0.2, 0.25) is 0 Å². The van der Waals surface area contributed by atoms with E-state index >= 15 is 0 Å². The van der Waals surface area contributed by atoms with E-state index in [0.29, 0.717) is 24.1 Å². The minimum Gasteiger partial charge on any atom is -0.354 e. The van der Waals surface area contributed by atoms with Gasteiger partial charge in [0.15, 0.2) is 0 Å². The quantitative estimate of drug-likeness (QED) is 0.768. The summed E-state index contributed by atoms with van der Waals surface area (Å²) in [7, 11) is -3.62. The second-order valence-electron chi connectivity index (χ2n) is 5.94. The smallest absolute Gasteiger partial charge is 0.240 e. The Morgan fingerprint density at radius 2 is 1.69 bits per heavy atom. The van der Waals surface area contributed by atoms with Crippen molar-refractivity contribution in [3.05, 3.63) is 65.5 Å². The number of hydrogen-bond acceptors (Lipinski definition) is 3. The van der Waals surface area contributed by atoms with E-state index in [1.165, 1.54) is 6.07 Å². The third kappa shape index (κ3) is 5.29. The molecule has 2 aromatic carbocycles. The van der Waals surface area contributed by atoms with Crippen LogP contribution in [-0.2, 0) is 27.7 Å². The first-order valence-corrected chi connectivity index (χ1v) is 10.2. The number of carbonyl (C=O) groups excluding carboxylic acids is 1. The number of sulfonamides is 1. The summed E-state index contributed by atoms with van der Waals surface area (Å²) in [5, 5.41) is 2.66. The lowest BCUT2D eigenvalue weighted by Crippen LogP contribution is -2.41. The summed E-state index contributed by atoms with van der Waals surface area (Å²) < 4.78 is 39.0. The van der Waals surface area contributed by atoms with Gasteiger partial charge in [-0.1, -0.05) is 43.3 Å². The molecule has 26 heavy (non-hydrogen) atoms. The number of rotatable bonds is 8. The van der Waals surface area contributed by atoms with Crippen LogP contribution in [0.15, 0.2) is 48.5 Å². The van der Waals surface area contributed by atoms with E-state index in [2.05, 4.69) is 5.32 Å². The predicted octanol–water partition coefficient (Wildman–Crippen LogP) is 2.51. The maximum atomic E-state index is 13.6. The highest BCUT2D eigenvalue weighted by Crippen LogP contribution is 2.23. The van der Waals surface area contributed by atoms with Gasteiger partial charge in [0.05, 0.1) is 11.9 Å². The first-order valence-electron chi connectivity index (χ1n) is 8.38. The Balaban J connectivity index is 2.05. The van der Waals surface area contributed by atoms with Gasteiger partial charge in [-0.2, -0.15) is 0 Å². The Morgan fingerprint density at radius 3 is 2.31 bits per heavy atom. The Labute approximate surface area is 153 Å². The lowest BCUT2D eigenvalue weighted by Gasteiger charge is -2.24. The van der Waals surface area contributed by atoms with E-state index in [1.807, 2.05) is 19.1 Å². The van der Waals surface area contributed by atoms with Crippen molar-refractivity contribution in [2.24, 2.45) is 0 Å². The number of benzene rings is 2. The molecule has 0 aromatic heterocycles. The maximum Gasteiger partial charge on any atom is 0.240 e. The highest BCUT2D eigenvalue weighted by Gasteiger charge is 2.22. The lowest BCUT2D eigenvalue weighted by molar-refractivity contribution is -0.119. The molecule has 0 bridgehead atoms. The molecule has 0 atom stereocenters. The number of halogens is 1. The number of carbonyl (C=O) groups is 1. The third-order valence-corrected chi connectivity index (χ3v) is 5.13. The SMILES string of the molecule is CCc1ccccc1N(CC(=O)NCCc1ccccc1F)S(C)(=O)=O. The summed E-state index contributed by atoms with van der Waals surface area (Å²) in [6.45, 7) is 1.84. The average Bonchev–Trinajstić information content (AvgIpc) is 2.60. The van der Waals surface area contributed by atoms with Gasteiger partial charge in [-0.25, -0.2) is 12.8 Å². The highest BCUT2D eigenvalue weighted by molar-refractivity contribution is 7.92. The minimum atomic E-state index is -3.62. The first kappa shape index (κ1) is 19.9. The van der Waals surface area contributed by atoms with E-state index in [1.54, 1.807) is 30.3 Å². The summed E-state index contributed by atoms with van der Waals surface area (Å²) in [5.41, 5.74) is 1.85. The molecule has 0 saturated heterocycles. The van der Waals surface area contributed by atoms with Crippen LogP contribution in [0.3, 0.4) is 0 Å². The van der Waals surface area contributed by atoms with Gasteiger partial charge >= 0.3 is 0 Å². The molecule has 0 radical (unpaired) electrons. The zero-order valence-corrected chi connectivity index (χ0v) is 15.7. The zero-order chi connectivity index (χ0) is 19.2. The summed E-state index contributed by atoms with van der Waals surface area (Å²) in [4.78, 5) is 12.2. The number of nitrogens with one attached hydrogen (secondary N) is 1. The number of anilines is 1. The van der Waals surface area contributed by atoms with Crippen molar-refractivity contribution in [3.8, 4) is 0 Å². The molecule has 1 N–H and O–H groups in total. The van der Waals surface area contributed by atoms with Gasteiger partial charge in [0.2, 0.25) is 15.9 Å². The molecule has 0 aliphatic carbocycles. The fraction of sp³-hybridized carbons (Fsp3) is 0.316. The van der Waals surface area contributed by atoms with Gasteiger partial charge in [-0.05, 0) is 36.1 Å². The molecule has 0 saturated carbocycles. The van der Waals surface area contributed by atoms with E-state index in [4.69, 9.17) is 0 Å². The molecular weight excluding hydrogens is 355 g/mol. The number of hydrogen-bond donors (Lipinski definition) is 1. The van der Waals surface area contributed by atoms with E-state index < -0.39 is 15.9 Å². The highest BCUT2D eigenvalue weighted by atomic mass is 32.2. The summed E-state index contributed by atoms with van der Waals surface area (Å²) in [6.07, 6.45) is 2.06. The first-order chi connectivity index (χ1) is 12.3. The van der Waals surface area contributed by atoms with E-state index in [-0.39, 0.29) is 18.9 Å². The molecule has 0 heterocycles. The van der Waals surface area contributed by atoms with Crippen molar-refractivity contribution in [2.75, 3.05) is 23.7 Å². The molecule has 0 aliphatic heterocycles. The molecule has 5 nitrogen and oxygen atoms in total. The predicted molar refractivity (Wildman–Crippen MR) is 101 cm³/mol. The van der Waals surface area contributed by atoms with Crippen LogP contribution >= 0.6 is 0 Å². The van der Waals surface area contributed by atoms with Crippen molar-refractivity contribution in [1.82, 2.24) is 5.32 Å². The maximum absolute atomic E-state index is 13.6.